The van der Waals surface area contributed by atoms with Crippen molar-refractivity contribution >= 4 is 17.5 Å². The molecule has 0 aromatic heterocycles. The quantitative estimate of drug-likeness (QED) is 0.840. The molecule has 0 aliphatic rings. The lowest BCUT2D eigenvalue weighted by Crippen LogP contribution is -2.28. The molecule has 132 valence electrons. The number of carbonyl (C=O) groups excluding carboxylic acids is 2. The number of amides is 2. The number of para-hydroxylation sites is 3. The molecule has 2 amide bonds. The van der Waals surface area contributed by atoms with Gasteiger partial charge in [-0.3, -0.25) is 9.59 Å². The van der Waals surface area contributed by atoms with Crippen LogP contribution >= 0.6 is 0 Å². The summed E-state index contributed by atoms with van der Waals surface area (Å²) >= 11 is 0. The van der Waals surface area contributed by atoms with Crippen LogP contribution < -0.4 is 14.8 Å². The van der Waals surface area contributed by atoms with Crippen LogP contribution in [-0.4, -0.2) is 44.0 Å². The van der Waals surface area contributed by atoms with Crippen molar-refractivity contribution in [2.24, 2.45) is 0 Å². The van der Waals surface area contributed by atoms with E-state index in [2.05, 4.69) is 5.32 Å². The van der Waals surface area contributed by atoms with Crippen molar-refractivity contribution in [3.8, 4) is 11.5 Å². The summed E-state index contributed by atoms with van der Waals surface area (Å²) in [6.45, 7) is 2.25. The van der Waals surface area contributed by atoms with Gasteiger partial charge in [0.2, 0.25) is 0 Å². The summed E-state index contributed by atoms with van der Waals surface area (Å²) in [7, 11) is 3.30. The van der Waals surface area contributed by atoms with Crippen molar-refractivity contribution in [1.82, 2.24) is 4.90 Å². The lowest BCUT2D eigenvalue weighted by atomic mass is 10.1. The van der Waals surface area contributed by atoms with Crippen LogP contribution in [0.15, 0.2) is 48.5 Å². The fourth-order valence-corrected chi connectivity index (χ4v) is 2.09. The minimum atomic E-state index is -0.333. The molecule has 0 atom stereocenters. The maximum atomic E-state index is 12.6. The number of benzene rings is 2. The number of hydrogen-bond donors (Lipinski definition) is 1. The minimum absolute atomic E-state index is 0.132. The van der Waals surface area contributed by atoms with Crippen molar-refractivity contribution in [3.05, 3.63) is 54.1 Å². The fraction of sp³-hybridized carbons (Fsp3) is 0.263. The van der Waals surface area contributed by atoms with E-state index in [-0.39, 0.29) is 18.4 Å². The highest BCUT2D eigenvalue weighted by Crippen LogP contribution is 2.26. The molecule has 0 saturated heterocycles. The second kappa shape index (κ2) is 8.73. The maximum Gasteiger partial charge on any atom is 0.259 e. The number of anilines is 1. The van der Waals surface area contributed by atoms with E-state index in [1.165, 1.54) is 4.90 Å². The van der Waals surface area contributed by atoms with Gasteiger partial charge in [-0.15, -0.1) is 0 Å². The van der Waals surface area contributed by atoms with Crippen LogP contribution in [0.25, 0.3) is 0 Å². The van der Waals surface area contributed by atoms with Crippen LogP contribution in [0.2, 0.25) is 0 Å². The first-order chi connectivity index (χ1) is 12.0. The largest absolute Gasteiger partial charge is 0.492 e. The molecule has 25 heavy (non-hydrogen) atoms. The van der Waals surface area contributed by atoms with E-state index in [4.69, 9.17) is 9.47 Å². The Bertz CT molecular complexity index is 744. The molecule has 6 heteroatoms. The molecule has 1 N–H and O–H groups in total. The monoisotopic (exact) mass is 342 g/mol. The predicted molar refractivity (Wildman–Crippen MR) is 96.2 cm³/mol. The van der Waals surface area contributed by atoms with Gasteiger partial charge in [0, 0.05) is 14.1 Å². The number of hydrogen-bond acceptors (Lipinski definition) is 4. The van der Waals surface area contributed by atoms with E-state index >= 15 is 0 Å². The lowest BCUT2D eigenvalue weighted by Gasteiger charge is -2.15. The third-order valence-electron chi connectivity index (χ3n) is 3.42. The van der Waals surface area contributed by atoms with Gasteiger partial charge in [-0.1, -0.05) is 24.3 Å². The van der Waals surface area contributed by atoms with Gasteiger partial charge >= 0.3 is 0 Å². The molecule has 2 rings (SSSR count). The molecule has 2 aromatic carbocycles. The number of carbonyl (C=O) groups is 2. The first-order valence-electron chi connectivity index (χ1n) is 7.98. The molecule has 0 aliphatic heterocycles. The summed E-state index contributed by atoms with van der Waals surface area (Å²) in [5.74, 6) is 0.431. The van der Waals surface area contributed by atoms with Gasteiger partial charge in [-0.05, 0) is 31.2 Å². The Labute approximate surface area is 147 Å². The van der Waals surface area contributed by atoms with Gasteiger partial charge in [0.25, 0.3) is 11.8 Å². The van der Waals surface area contributed by atoms with E-state index in [0.717, 1.165) is 0 Å². The molecule has 6 nitrogen and oxygen atoms in total. The van der Waals surface area contributed by atoms with Gasteiger partial charge in [0.1, 0.15) is 11.5 Å². The average molecular weight is 342 g/mol. The Hall–Kier alpha value is -3.02. The highest BCUT2D eigenvalue weighted by atomic mass is 16.5. The molecule has 0 radical (unpaired) electrons. The highest BCUT2D eigenvalue weighted by molar-refractivity contribution is 6.06. The summed E-state index contributed by atoms with van der Waals surface area (Å²) in [6.07, 6.45) is 0. The molecule has 0 bridgehead atoms. The van der Waals surface area contributed by atoms with Gasteiger partial charge in [-0.25, -0.2) is 0 Å². The van der Waals surface area contributed by atoms with Crippen molar-refractivity contribution < 1.29 is 19.1 Å². The molecule has 0 fully saturated rings. The lowest BCUT2D eigenvalue weighted by molar-refractivity contribution is -0.130. The van der Waals surface area contributed by atoms with E-state index in [0.29, 0.717) is 29.4 Å². The maximum absolute atomic E-state index is 12.6. The van der Waals surface area contributed by atoms with Crippen LogP contribution in [0.3, 0.4) is 0 Å². The van der Waals surface area contributed by atoms with E-state index in [1.807, 2.05) is 19.1 Å². The zero-order valence-electron chi connectivity index (χ0n) is 14.6. The predicted octanol–water partition coefficient (Wildman–Crippen LogP) is 2.80. The Kier molecular flexibility index (Phi) is 6.39. The average Bonchev–Trinajstić information content (AvgIpc) is 2.61. The van der Waals surface area contributed by atoms with Gasteiger partial charge in [0.15, 0.2) is 6.61 Å². The number of likely N-dealkylation sites (N-methyl/N-ethyl adjacent to an activating group) is 1. The van der Waals surface area contributed by atoms with Crippen LogP contribution in [0, 0.1) is 0 Å². The summed E-state index contributed by atoms with van der Waals surface area (Å²) in [5.41, 5.74) is 0.925. The standard InChI is InChI=1S/C19H22N2O4/c1-4-24-17-12-8-6-10-15(17)20-19(23)14-9-5-7-11-16(14)25-13-18(22)21(2)3/h5-12H,4,13H2,1-3H3,(H,20,23). The van der Waals surface area contributed by atoms with E-state index in [9.17, 15) is 9.59 Å². The molecule has 0 unspecified atom stereocenters. The van der Waals surface area contributed by atoms with Crippen LogP contribution in [-0.2, 0) is 4.79 Å². The molecule has 2 aromatic rings. The van der Waals surface area contributed by atoms with Crippen LogP contribution in [0.5, 0.6) is 11.5 Å². The van der Waals surface area contributed by atoms with Crippen LogP contribution in [0.1, 0.15) is 17.3 Å². The summed E-state index contributed by atoms with van der Waals surface area (Å²) in [6, 6.07) is 14.0. The first-order valence-corrected chi connectivity index (χ1v) is 7.98. The molecule has 0 spiro atoms. The Balaban J connectivity index is 2.16. The number of rotatable bonds is 7. The van der Waals surface area contributed by atoms with Crippen molar-refractivity contribution in [2.45, 2.75) is 6.92 Å². The molecule has 0 heterocycles. The van der Waals surface area contributed by atoms with Crippen LogP contribution in [0.4, 0.5) is 5.69 Å². The Morgan fingerprint density at radius 3 is 2.28 bits per heavy atom. The normalized spacial score (nSPS) is 10.0. The third kappa shape index (κ3) is 4.97. The van der Waals surface area contributed by atoms with E-state index < -0.39 is 0 Å². The van der Waals surface area contributed by atoms with Crippen molar-refractivity contribution in [2.75, 3.05) is 32.6 Å². The summed E-state index contributed by atoms with van der Waals surface area (Å²) in [5, 5.41) is 2.82. The summed E-state index contributed by atoms with van der Waals surface area (Å²) < 4.78 is 11.0. The zero-order valence-corrected chi connectivity index (χ0v) is 14.6. The van der Waals surface area contributed by atoms with Gasteiger partial charge < -0.3 is 19.7 Å². The van der Waals surface area contributed by atoms with Gasteiger partial charge in [-0.2, -0.15) is 0 Å². The number of nitrogens with one attached hydrogen (secondary N) is 1. The smallest absolute Gasteiger partial charge is 0.259 e. The topological polar surface area (TPSA) is 67.9 Å². The fourth-order valence-electron chi connectivity index (χ4n) is 2.09. The summed E-state index contributed by atoms with van der Waals surface area (Å²) in [4.78, 5) is 25.7. The number of ether oxygens (including phenoxy) is 2. The minimum Gasteiger partial charge on any atom is -0.492 e. The molecular weight excluding hydrogens is 320 g/mol. The van der Waals surface area contributed by atoms with Crippen molar-refractivity contribution in [1.29, 1.82) is 0 Å². The second-order valence-corrected chi connectivity index (χ2v) is 5.46. The Morgan fingerprint density at radius 1 is 0.960 bits per heavy atom. The highest BCUT2D eigenvalue weighted by Gasteiger charge is 2.15. The second-order valence-electron chi connectivity index (χ2n) is 5.46. The molecular formula is C19H22N2O4. The van der Waals surface area contributed by atoms with Gasteiger partial charge in [0.05, 0.1) is 17.9 Å². The molecule has 0 aliphatic carbocycles. The zero-order chi connectivity index (χ0) is 18.2. The molecule has 0 saturated carbocycles. The first kappa shape index (κ1) is 18.3. The Morgan fingerprint density at radius 2 is 1.60 bits per heavy atom. The van der Waals surface area contributed by atoms with Crippen molar-refractivity contribution in [3.63, 3.8) is 0 Å². The van der Waals surface area contributed by atoms with E-state index in [1.54, 1.807) is 50.5 Å². The number of nitrogens with zero attached hydrogens (tertiary/aromatic N) is 1. The third-order valence-corrected chi connectivity index (χ3v) is 3.42. The SMILES string of the molecule is CCOc1ccccc1NC(=O)c1ccccc1OCC(=O)N(C)C.